The Hall–Kier alpha value is -2.10. The van der Waals surface area contributed by atoms with Crippen LogP contribution in [0.4, 0.5) is 0 Å². The molecule has 4 heteroatoms. The standard InChI is InChI=1S/C10H10N2O2/c1-8(6-12-13)14-9(2)10-4-3-5-11-7-10/h3-7,13H,1-2H2/b12-6+. The van der Waals surface area contributed by atoms with Crippen molar-refractivity contribution < 1.29 is 9.94 Å². The molecule has 0 aliphatic rings. The zero-order valence-corrected chi connectivity index (χ0v) is 7.55. The van der Waals surface area contributed by atoms with Gasteiger partial charge in [-0.2, -0.15) is 0 Å². The molecule has 4 nitrogen and oxygen atoms in total. The van der Waals surface area contributed by atoms with Crippen LogP contribution in [0.25, 0.3) is 5.76 Å². The van der Waals surface area contributed by atoms with Gasteiger partial charge in [-0.25, -0.2) is 0 Å². The number of allylic oxidation sites excluding steroid dienone is 1. The second-order valence-electron chi connectivity index (χ2n) is 2.48. The van der Waals surface area contributed by atoms with Crippen LogP contribution in [0.15, 0.2) is 48.6 Å². The number of hydrogen-bond donors (Lipinski definition) is 1. The van der Waals surface area contributed by atoms with E-state index < -0.39 is 0 Å². The maximum Gasteiger partial charge on any atom is 0.141 e. The first-order chi connectivity index (χ1) is 6.74. The van der Waals surface area contributed by atoms with Crippen molar-refractivity contribution in [2.75, 3.05) is 0 Å². The highest BCUT2D eigenvalue weighted by Crippen LogP contribution is 2.14. The zero-order chi connectivity index (χ0) is 10.4. The minimum absolute atomic E-state index is 0.210. The summed E-state index contributed by atoms with van der Waals surface area (Å²) in [5.74, 6) is 0.615. The number of oxime groups is 1. The van der Waals surface area contributed by atoms with Crippen molar-refractivity contribution in [3.05, 3.63) is 49.0 Å². The number of ether oxygens (including phenoxy) is 1. The van der Waals surface area contributed by atoms with E-state index in [1.807, 2.05) is 0 Å². The van der Waals surface area contributed by atoms with Gasteiger partial charge in [-0.15, -0.1) is 0 Å². The first kappa shape index (κ1) is 9.98. The first-order valence-electron chi connectivity index (χ1n) is 3.87. The normalized spacial score (nSPS) is 10.0. The Morgan fingerprint density at radius 3 is 2.93 bits per heavy atom. The Kier molecular flexibility index (Phi) is 3.43. The van der Waals surface area contributed by atoms with Crippen molar-refractivity contribution in [3.63, 3.8) is 0 Å². The molecule has 0 bridgehead atoms. The molecule has 72 valence electrons. The van der Waals surface area contributed by atoms with Gasteiger partial charge >= 0.3 is 0 Å². The molecule has 0 spiro atoms. The van der Waals surface area contributed by atoms with Crippen LogP contribution < -0.4 is 0 Å². The van der Waals surface area contributed by atoms with Crippen molar-refractivity contribution in [2.45, 2.75) is 0 Å². The third-order valence-electron chi connectivity index (χ3n) is 1.44. The van der Waals surface area contributed by atoms with Crippen LogP contribution in [-0.4, -0.2) is 16.4 Å². The molecule has 1 heterocycles. The van der Waals surface area contributed by atoms with E-state index in [9.17, 15) is 0 Å². The highest BCUT2D eigenvalue weighted by Gasteiger charge is 2.00. The van der Waals surface area contributed by atoms with Crippen LogP contribution in [0.1, 0.15) is 5.56 Å². The average Bonchev–Trinajstić information content (AvgIpc) is 2.19. The lowest BCUT2D eigenvalue weighted by atomic mass is 10.2. The maximum atomic E-state index is 8.21. The predicted molar refractivity (Wildman–Crippen MR) is 53.8 cm³/mol. The van der Waals surface area contributed by atoms with Crippen LogP contribution in [0.5, 0.6) is 0 Å². The number of nitrogens with zero attached hydrogens (tertiary/aromatic N) is 2. The minimum atomic E-state index is 0.210. The number of pyridine rings is 1. The van der Waals surface area contributed by atoms with Crippen LogP contribution in [0.3, 0.4) is 0 Å². The van der Waals surface area contributed by atoms with Gasteiger partial charge in [0.05, 0.1) is 0 Å². The Morgan fingerprint density at radius 2 is 2.36 bits per heavy atom. The topological polar surface area (TPSA) is 54.7 Å². The highest BCUT2D eigenvalue weighted by atomic mass is 16.5. The minimum Gasteiger partial charge on any atom is -0.456 e. The van der Waals surface area contributed by atoms with Crippen LogP contribution >= 0.6 is 0 Å². The Labute approximate surface area is 81.9 Å². The van der Waals surface area contributed by atoms with Crippen molar-refractivity contribution >= 4 is 12.0 Å². The van der Waals surface area contributed by atoms with Crippen molar-refractivity contribution in [2.24, 2.45) is 5.16 Å². The quantitative estimate of drug-likeness (QED) is 0.342. The summed E-state index contributed by atoms with van der Waals surface area (Å²) in [6.45, 7) is 7.18. The summed E-state index contributed by atoms with van der Waals surface area (Å²) in [6, 6.07) is 3.57. The lowest BCUT2D eigenvalue weighted by Gasteiger charge is -2.06. The highest BCUT2D eigenvalue weighted by molar-refractivity contribution is 5.76. The monoisotopic (exact) mass is 190 g/mol. The Balaban J connectivity index is 2.64. The zero-order valence-electron chi connectivity index (χ0n) is 7.55. The lowest BCUT2D eigenvalue weighted by Crippen LogP contribution is -1.92. The largest absolute Gasteiger partial charge is 0.456 e. The van der Waals surface area contributed by atoms with Crippen molar-refractivity contribution in [1.82, 2.24) is 4.98 Å². The molecule has 0 aliphatic heterocycles. The molecule has 14 heavy (non-hydrogen) atoms. The molecule has 1 N–H and O–H groups in total. The van der Waals surface area contributed by atoms with E-state index in [-0.39, 0.29) is 5.76 Å². The third-order valence-corrected chi connectivity index (χ3v) is 1.44. The SMILES string of the molecule is C=C(/C=N/O)OC(=C)c1cccnc1. The van der Waals surface area contributed by atoms with E-state index in [2.05, 4.69) is 23.3 Å². The molecule has 0 aromatic carbocycles. The van der Waals surface area contributed by atoms with E-state index in [0.29, 0.717) is 5.76 Å². The van der Waals surface area contributed by atoms with Gasteiger partial charge in [0.2, 0.25) is 0 Å². The van der Waals surface area contributed by atoms with Gasteiger partial charge in [-0.1, -0.05) is 18.3 Å². The summed E-state index contributed by atoms with van der Waals surface area (Å²) < 4.78 is 5.14. The molecule has 1 aromatic heterocycles. The fourth-order valence-corrected chi connectivity index (χ4v) is 0.836. The number of aromatic nitrogens is 1. The summed E-state index contributed by atoms with van der Waals surface area (Å²) in [5, 5.41) is 11.0. The van der Waals surface area contributed by atoms with E-state index in [1.54, 1.807) is 24.5 Å². The van der Waals surface area contributed by atoms with Gasteiger partial charge in [0.25, 0.3) is 0 Å². The molecule has 0 unspecified atom stereocenters. The fourth-order valence-electron chi connectivity index (χ4n) is 0.836. The number of rotatable bonds is 4. The van der Waals surface area contributed by atoms with E-state index in [4.69, 9.17) is 9.94 Å². The average molecular weight is 190 g/mol. The molecular weight excluding hydrogens is 180 g/mol. The van der Waals surface area contributed by atoms with Crippen LogP contribution in [-0.2, 0) is 4.74 Å². The van der Waals surface area contributed by atoms with E-state index >= 15 is 0 Å². The van der Waals surface area contributed by atoms with E-state index in [0.717, 1.165) is 11.8 Å². The Bertz CT molecular complexity index is 358. The summed E-state index contributed by atoms with van der Waals surface area (Å²) in [4.78, 5) is 3.91. The van der Waals surface area contributed by atoms with Gasteiger partial charge in [-0.05, 0) is 12.1 Å². The molecule has 1 aromatic rings. The second-order valence-corrected chi connectivity index (χ2v) is 2.48. The fraction of sp³-hybridized carbons (Fsp3) is 0. The van der Waals surface area contributed by atoms with Crippen molar-refractivity contribution in [3.8, 4) is 0 Å². The van der Waals surface area contributed by atoms with Crippen molar-refractivity contribution in [1.29, 1.82) is 0 Å². The molecular formula is C10H10N2O2. The molecule has 0 atom stereocenters. The molecule has 0 radical (unpaired) electrons. The Morgan fingerprint density at radius 1 is 1.57 bits per heavy atom. The van der Waals surface area contributed by atoms with Gasteiger partial charge in [0.1, 0.15) is 17.7 Å². The summed E-state index contributed by atoms with van der Waals surface area (Å²) in [5.41, 5.74) is 0.750. The molecule has 0 fully saturated rings. The van der Waals surface area contributed by atoms with Gasteiger partial charge in [0.15, 0.2) is 0 Å². The molecule has 0 saturated carbocycles. The van der Waals surface area contributed by atoms with E-state index in [1.165, 1.54) is 0 Å². The molecule has 1 rings (SSSR count). The lowest BCUT2D eigenvalue weighted by molar-refractivity contribution is 0.317. The predicted octanol–water partition coefficient (Wildman–Crippen LogP) is 2.04. The summed E-state index contributed by atoms with van der Waals surface area (Å²) in [6.07, 6.45) is 4.36. The van der Waals surface area contributed by atoms with Crippen LogP contribution in [0, 0.1) is 0 Å². The molecule has 0 aliphatic carbocycles. The van der Waals surface area contributed by atoms with Crippen LogP contribution in [0.2, 0.25) is 0 Å². The second kappa shape index (κ2) is 4.81. The smallest absolute Gasteiger partial charge is 0.141 e. The molecule has 0 saturated heterocycles. The van der Waals surface area contributed by atoms with Gasteiger partial charge in [0, 0.05) is 18.0 Å². The maximum absolute atomic E-state index is 8.21. The molecule has 0 amide bonds. The van der Waals surface area contributed by atoms with Gasteiger partial charge in [-0.3, -0.25) is 4.98 Å². The van der Waals surface area contributed by atoms with Gasteiger partial charge < -0.3 is 9.94 Å². The summed E-state index contributed by atoms with van der Waals surface area (Å²) >= 11 is 0. The third kappa shape index (κ3) is 2.75. The first-order valence-corrected chi connectivity index (χ1v) is 3.87. The summed E-state index contributed by atoms with van der Waals surface area (Å²) in [7, 11) is 0. The number of hydrogen-bond acceptors (Lipinski definition) is 4.